The molecule has 1 aromatic carbocycles. The molecule has 0 spiro atoms. The fourth-order valence-corrected chi connectivity index (χ4v) is 10.5. The smallest absolute Gasteiger partial charge is 0.427 e. The number of hydrogen-bond donors (Lipinski definition) is 1. The quantitative estimate of drug-likeness (QED) is 0.223. The molecule has 7 atom stereocenters. The van der Waals surface area contributed by atoms with Crippen molar-refractivity contribution in [2.75, 3.05) is 37.7 Å². The van der Waals surface area contributed by atoms with Gasteiger partial charge in [0.05, 0.1) is 48.3 Å². The number of alkyl halides is 3. The van der Waals surface area contributed by atoms with Crippen LogP contribution in [0.4, 0.5) is 18.9 Å². The monoisotopic (exact) mass is 874 g/mol. The summed E-state index contributed by atoms with van der Waals surface area (Å²) in [6, 6.07) is 6.50. The summed E-state index contributed by atoms with van der Waals surface area (Å²) in [6.45, 7) is 9.27. The Kier molecular flexibility index (Phi) is 12.3. The molecule has 7 rings (SSSR count). The minimum Gasteiger partial charge on any atom is -0.472 e. The molecular formula is C44H57F3N4O9S. The number of morpholine rings is 1. The highest BCUT2D eigenvalue weighted by Gasteiger charge is 2.63. The highest BCUT2D eigenvalue weighted by Crippen LogP contribution is 2.58. The maximum Gasteiger partial charge on any atom is 0.427 e. The summed E-state index contributed by atoms with van der Waals surface area (Å²) in [4.78, 5) is 65.2. The van der Waals surface area contributed by atoms with Crippen molar-refractivity contribution < 1.29 is 55.0 Å². The second-order valence-corrected chi connectivity index (χ2v) is 20.9. The van der Waals surface area contributed by atoms with Crippen molar-refractivity contribution in [2.24, 2.45) is 29.1 Å². The lowest BCUT2D eigenvalue weighted by Gasteiger charge is -2.33. The Balaban J connectivity index is 1.22. The van der Waals surface area contributed by atoms with Gasteiger partial charge < -0.3 is 24.0 Å². The van der Waals surface area contributed by atoms with Gasteiger partial charge in [-0.3, -0.25) is 23.9 Å². The van der Waals surface area contributed by atoms with Gasteiger partial charge in [-0.2, -0.15) is 13.2 Å². The SMILES string of the molecule is C[C@H]1CC/C=C\[C@@H]2C[C@@]2(C(=O)NS(=O)(=O)C2(C)CC2)CC(=O)[C@@H]2C[C@@H](Oc3nccc4c(N5CCOCC5)cccc34)CN2C(=O)[C@@H](CC(=O)OC(C)(C)C(F)(F)F)[C@H](C)C1. The van der Waals surface area contributed by atoms with Gasteiger partial charge in [0.1, 0.15) is 6.10 Å². The van der Waals surface area contributed by atoms with E-state index in [0.717, 1.165) is 24.9 Å². The van der Waals surface area contributed by atoms with Crippen molar-refractivity contribution >= 4 is 50.1 Å². The molecule has 4 fully saturated rings. The molecule has 0 bridgehead atoms. The van der Waals surface area contributed by atoms with E-state index in [1.54, 1.807) is 20.0 Å². The summed E-state index contributed by atoms with van der Waals surface area (Å²) < 4.78 is 86.3. The number of aromatic nitrogens is 1. The first-order chi connectivity index (χ1) is 28.6. The van der Waals surface area contributed by atoms with Crippen molar-refractivity contribution in [3.05, 3.63) is 42.6 Å². The number of anilines is 1. The third-order valence-electron chi connectivity index (χ3n) is 13.6. The van der Waals surface area contributed by atoms with E-state index in [1.807, 2.05) is 43.3 Å². The minimum atomic E-state index is -4.86. The van der Waals surface area contributed by atoms with E-state index in [1.165, 1.54) is 4.90 Å². The molecule has 17 heteroatoms. The van der Waals surface area contributed by atoms with Crippen molar-refractivity contribution in [3.8, 4) is 5.88 Å². The van der Waals surface area contributed by atoms with Gasteiger partial charge in [-0.15, -0.1) is 0 Å². The summed E-state index contributed by atoms with van der Waals surface area (Å²) in [7, 11) is -4.03. The Morgan fingerprint density at radius 3 is 2.46 bits per heavy atom. The lowest BCUT2D eigenvalue weighted by atomic mass is 9.82. The summed E-state index contributed by atoms with van der Waals surface area (Å²) in [5.41, 5.74) is -3.22. The molecule has 4 heterocycles. The number of halogens is 3. The van der Waals surface area contributed by atoms with Crippen molar-refractivity contribution in [1.29, 1.82) is 0 Å². The number of esters is 1. The van der Waals surface area contributed by atoms with Crippen LogP contribution in [0.15, 0.2) is 42.6 Å². The molecule has 0 radical (unpaired) electrons. The number of nitrogens with zero attached hydrogens (tertiary/aromatic N) is 3. The average Bonchev–Trinajstić information content (AvgIpc) is 4.08. The summed E-state index contributed by atoms with van der Waals surface area (Å²) >= 11 is 0. The topological polar surface area (TPSA) is 162 Å². The van der Waals surface area contributed by atoms with Crippen LogP contribution in [0.1, 0.15) is 92.4 Å². The number of amides is 2. The third kappa shape index (κ3) is 9.28. The van der Waals surface area contributed by atoms with Gasteiger partial charge in [0.15, 0.2) is 5.78 Å². The Morgan fingerprint density at radius 1 is 1.05 bits per heavy atom. The first-order valence-corrected chi connectivity index (χ1v) is 22.9. The van der Waals surface area contributed by atoms with Gasteiger partial charge in [0.2, 0.25) is 33.3 Å². The molecule has 3 aliphatic heterocycles. The number of benzene rings is 1. The Labute approximate surface area is 355 Å². The molecule has 2 saturated heterocycles. The van der Waals surface area contributed by atoms with Crippen LogP contribution < -0.4 is 14.4 Å². The van der Waals surface area contributed by atoms with Gasteiger partial charge >= 0.3 is 12.1 Å². The van der Waals surface area contributed by atoms with E-state index in [4.69, 9.17) is 14.2 Å². The summed E-state index contributed by atoms with van der Waals surface area (Å²) in [5.74, 6) is -4.86. The molecule has 2 saturated carbocycles. The number of sulfonamides is 1. The second-order valence-electron chi connectivity index (χ2n) is 18.7. The summed E-state index contributed by atoms with van der Waals surface area (Å²) in [6.07, 6.45) is 1.49. The minimum absolute atomic E-state index is 0.0105. The van der Waals surface area contributed by atoms with Gasteiger partial charge in [-0.25, -0.2) is 13.4 Å². The molecule has 13 nitrogen and oxygen atoms in total. The van der Waals surface area contributed by atoms with Crippen LogP contribution in [0, 0.1) is 29.1 Å². The van der Waals surface area contributed by atoms with E-state index in [2.05, 4.69) is 14.6 Å². The molecule has 334 valence electrons. The number of Topliss-reactive ketones (excluding diaryl/α,β-unsaturated/α-hetero) is 1. The number of carbonyl (C=O) groups is 4. The summed E-state index contributed by atoms with van der Waals surface area (Å²) in [5, 5.41) is 1.59. The predicted molar refractivity (Wildman–Crippen MR) is 220 cm³/mol. The molecular weight excluding hydrogens is 818 g/mol. The van der Waals surface area contributed by atoms with Crippen molar-refractivity contribution in [3.63, 3.8) is 0 Å². The molecule has 2 aromatic rings. The number of fused-ring (bicyclic) bond motifs is 3. The van der Waals surface area contributed by atoms with E-state index in [-0.39, 0.29) is 37.6 Å². The zero-order valence-electron chi connectivity index (χ0n) is 35.5. The van der Waals surface area contributed by atoms with Crippen molar-refractivity contribution in [2.45, 2.75) is 121 Å². The zero-order valence-corrected chi connectivity index (χ0v) is 36.3. The van der Waals surface area contributed by atoms with Gasteiger partial charge in [-0.05, 0) is 95.2 Å². The van der Waals surface area contributed by atoms with Gasteiger partial charge in [0, 0.05) is 48.6 Å². The van der Waals surface area contributed by atoms with Crippen LogP contribution in [-0.2, 0) is 38.7 Å². The van der Waals surface area contributed by atoms with Crippen LogP contribution in [0.25, 0.3) is 10.8 Å². The number of pyridine rings is 1. The predicted octanol–water partition coefficient (Wildman–Crippen LogP) is 6.29. The van der Waals surface area contributed by atoms with Crippen LogP contribution in [-0.4, -0.2) is 103 Å². The average molecular weight is 875 g/mol. The lowest BCUT2D eigenvalue weighted by molar-refractivity contribution is -0.257. The maximum atomic E-state index is 15.0. The zero-order chi connectivity index (χ0) is 44.1. The molecule has 2 aliphatic carbocycles. The standard InChI is InChI=1S/C44H57F3N4O9S/c1-27-9-6-7-10-29-24-43(29,40(55)49-61(56,57)42(5)14-15-42)25-36(52)35-22-30(59-38-32-11-8-12-34(31(32)13-16-48-38)50-17-19-58-20-18-50)26-51(35)39(54)33(28(2)21-27)23-37(53)60-41(3,4)44(45,46)47/h7-8,10-13,16,27-30,33,35H,6,9,14-15,17-26H2,1-5H3,(H,49,55)/b10-7-/t27-,28+,29+,30+,33-,35-,43+/m0/s1. The number of carbonyl (C=O) groups excluding carboxylic acids is 4. The van der Waals surface area contributed by atoms with E-state index in [9.17, 15) is 40.8 Å². The van der Waals surface area contributed by atoms with Crippen molar-refractivity contribution in [1.82, 2.24) is 14.6 Å². The first kappa shape index (κ1) is 44.8. The Hall–Kier alpha value is -4.25. The van der Waals surface area contributed by atoms with Crippen LogP contribution >= 0.6 is 0 Å². The number of rotatable bonds is 9. The number of ether oxygens (including phenoxy) is 3. The maximum absolute atomic E-state index is 15.0. The molecule has 0 unspecified atom stereocenters. The molecule has 1 aromatic heterocycles. The van der Waals surface area contributed by atoms with Gasteiger partial charge in [0.25, 0.3) is 0 Å². The highest BCUT2D eigenvalue weighted by atomic mass is 32.2. The molecule has 5 aliphatic rings. The second kappa shape index (κ2) is 16.8. The number of hydrogen-bond acceptors (Lipinski definition) is 11. The fourth-order valence-electron chi connectivity index (χ4n) is 9.14. The molecule has 2 amide bonds. The fraction of sp³-hybridized carbons (Fsp3) is 0.659. The number of allylic oxidation sites excluding steroid dienone is 2. The first-order valence-electron chi connectivity index (χ1n) is 21.4. The highest BCUT2D eigenvalue weighted by molar-refractivity contribution is 7.91. The van der Waals surface area contributed by atoms with E-state index in [0.29, 0.717) is 63.8 Å². The van der Waals surface area contributed by atoms with E-state index < -0.39 is 91.8 Å². The molecule has 1 N–H and O–H groups in total. The Morgan fingerprint density at radius 2 is 1.77 bits per heavy atom. The normalized spacial score (nSPS) is 30.4. The van der Waals surface area contributed by atoms with Gasteiger partial charge in [-0.1, -0.05) is 32.1 Å². The molecule has 61 heavy (non-hydrogen) atoms. The largest absolute Gasteiger partial charge is 0.472 e. The number of nitrogens with one attached hydrogen (secondary N) is 1. The van der Waals surface area contributed by atoms with Crippen LogP contribution in [0.5, 0.6) is 5.88 Å². The van der Waals surface area contributed by atoms with Crippen LogP contribution in [0.2, 0.25) is 0 Å². The number of ketones is 1. The lowest BCUT2D eigenvalue weighted by Crippen LogP contribution is -2.48. The Bertz CT molecular complexity index is 2170. The van der Waals surface area contributed by atoms with Crippen LogP contribution in [0.3, 0.4) is 0 Å². The van der Waals surface area contributed by atoms with E-state index >= 15 is 0 Å². The third-order valence-corrected chi connectivity index (χ3v) is 15.8.